The molecule has 8 heteroatoms. The number of H-pyrrole nitrogens is 2. The summed E-state index contributed by atoms with van der Waals surface area (Å²) >= 11 is 0. The standard InChI is InChI=1S/C21H19N5O3/c1-11-6-15-18(24-11)8-14-13-7-12(2-3-17(13)25-21(14)28)16-9-23-26-19(16)10-29-5-4-22-20(15)27/h2-3,6-9,24H,4-5,10H2,1H3,(H,22,27)(H,23,26)(H,25,28)/b14-8-. The van der Waals surface area contributed by atoms with Crippen molar-refractivity contribution in [3.05, 3.63) is 58.7 Å². The van der Waals surface area contributed by atoms with Crippen LogP contribution in [0.2, 0.25) is 0 Å². The topological polar surface area (TPSA) is 112 Å². The first kappa shape index (κ1) is 17.4. The van der Waals surface area contributed by atoms with Crippen molar-refractivity contribution in [3.63, 3.8) is 0 Å². The number of aryl methyl sites for hydroxylation is 1. The van der Waals surface area contributed by atoms with Gasteiger partial charge in [-0.1, -0.05) is 6.07 Å². The first-order valence-corrected chi connectivity index (χ1v) is 9.36. The van der Waals surface area contributed by atoms with Gasteiger partial charge in [-0.2, -0.15) is 5.10 Å². The Labute approximate surface area is 166 Å². The van der Waals surface area contributed by atoms with Gasteiger partial charge in [0.2, 0.25) is 0 Å². The number of carbonyl (C=O) groups excluding carboxylic acids is 2. The average molecular weight is 389 g/mol. The van der Waals surface area contributed by atoms with E-state index in [2.05, 4.69) is 25.8 Å². The predicted octanol–water partition coefficient (Wildman–Crippen LogP) is 2.47. The van der Waals surface area contributed by atoms with Gasteiger partial charge in [-0.15, -0.1) is 0 Å². The number of carbonyl (C=O) groups is 2. The Hall–Kier alpha value is -3.65. The van der Waals surface area contributed by atoms with Crippen LogP contribution in [0.5, 0.6) is 0 Å². The third-order valence-electron chi connectivity index (χ3n) is 5.13. The molecule has 4 heterocycles. The number of rotatable bonds is 0. The molecule has 2 bridgehead atoms. The lowest BCUT2D eigenvalue weighted by Crippen LogP contribution is -2.27. The molecule has 0 unspecified atom stereocenters. The summed E-state index contributed by atoms with van der Waals surface area (Å²) in [4.78, 5) is 28.5. The minimum absolute atomic E-state index is 0.198. The van der Waals surface area contributed by atoms with Crippen LogP contribution in [0.1, 0.15) is 33.0 Å². The highest BCUT2D eigenvalue weighted by Gasteiger charge is 2.26. The Morgan fingerprint density at radius 2 is 1.97 bits per heavy atom. The van der Waals surface area contributed by atoms with Gasteiger partial charge in [-0.05, 0) is 36.8 Å². The van der Waals surface area contributed by atoms with Crippen molar-refractivity contribution in [2.45, 2.75) is 13.5 Å². The lowest BCUT2D eigenvalue weighted by Gasteiger charge is -2.07. The van der Waals surface area contributed by atoms with Crippen LogP contribution in [0.15, 0.2) is 30.5 Å². The van der Waals surface area contributed by atoms with E-state index in [1.807, 2.05) is 25.1 Å². The van der Waals surface area contributed by atoms with Crippen molar-refractivity contribution in [1.29, 1.82) is 0 Å². The summed E-state index contributed by atoms with van der Waals surface area (Å²) in [6, 6.07) is 7.57. The second-order valence-electron chi connectivity index (χ2n) is 7.12. The number of amides is 2. The molecule has 2 aromatic heterocycles. The maximum Gasteiger partial charge on any atom is 0.256 e. The second-order valence-corrected chi connectivity index (χ2v) is 7.12. The smallest absolute Gasteiger partial charge is 0.256 e. The first-order chi connectivity index (χ1) is 14.1. The summed E-state index contributed by atoms with van der Waals surface area (Å²) in [7, 11) is 0. The van der Waals surface area contributed by atoms with Gasteiger partial charge in [0.1, 0.15) is 0 Å². The summed E-state index contributed by atoms with van der Waals surface area (Å²) < 4.78 is 5.71. The Balaban J connectivity index is 1.69. The molecule has 0 saturated carbocycles. The van der Waals surface area contributed by atoms with E-state index < -0.39 is 0 Å². The molecule has 0 radical (unpaired) electrons. The Morgan fingerprint density at radius 3 is 2.86 bits per heavy atom. The maximum absolute atomic E-state index is 12.6. The monoisotopic (exact) mass is 389 g/mol. The zero-order valence-electron chi connectivity index (χ0n) is 15.8. The zero-order valence-corrected chi connectivity index (χ0v) is 15.8. The largest absolute Gasteiger partial charge is 0.373 e. The molecule has 1 aromatic carbocycles. The average Bonchev–Trinajstić information content (AvgIpc) is 3.39. The van der Waals surface area contributed by atoms with Crippen LogP contribution in [0, 0.1) is 6.92 Å². The number of hydrogen-bond acceptors (Lipinski definition) is 4. The molecule has 2 aliphatic rings. The highest BCUT2D eigenvalue weighted by atomic mass is 16.5. The molecule has 2 amide bonds. The summed E-state index contributed by atoms with van der Waals surface area (Å²) in [5.41, 5.74) is 6.67. The second kappa shape index (κ2) is 6.75. The van der Waals surface area contributed by atoms with Crippen LogP contribution in [-0.2, 0) is 16.1 Å². The molecule has 8 nitrogen and oxygen atoms in total. The molecular weight excluding hydrogens is 370 g/mol. The molecule has 0 saturated heterocycles. The van der Waals surface area contributed by atoms with Crippen LogP contribution >= 0.6 is 0 Å². The van der Waals surface area contributed by atoms with Crippen LogP contribution in [0.25, 0.3) is 22.8 Å². The quantitative estimate of drug-likeness (QED) is 0.473. The van der Waals surface area contributed by atoms with E-state index in [0.29, 0.717) is 36.6 Å². The highest BCUT2D eigenvalue weighted by molar-refractivity contribution is 6.35. The molecule has 0 aliphatic carbocycles. The summed E-state index contributed by atoms with van der Waals surface area (Å²) in [5, 5.41) is 12.9. The summed E-state index contributed by atoms with van der Waals surface area (Å²) in [6.45, 7) is 2.97. The summed E-state index contributed by atoms with van der Waals surface area (Å²) in [6.07, 6.45) is 3.49. The van der Waals surface area contributed by atoms with Crippen LogP contribution in [0.3, 0.4) is 0 Å². The number of benzene rings is 1. The SMILES string of the molecule is Cc1cc2c([nH]1)/C=C1\C(=O)Nc3ccc(cc31)-c1cn[nH]c1COCCNC2=O. The number of nitrogens with one attached hydrogen (secondary N) is 4. The Morgan fingerprint density at radius 1 is 1.07 bits per heavy atom. The van der Waals surface area contributed by atoms with Gasteiger partial charge in [-0.25, -0.2) is 0 Å². The molecule has 146 valence electrons. The van der Waals surface area contributed by atoms with Crippen LogP contribution < -0.4 is 10.6 Å². The van der Waals surface area contributed by atoms with Crippen molar-refractivity contribution in [1.82, 2.24) is 20.5 Å². The van der Waals surface area contributed by atoms with E-state index in [-0.39, 0.29) is 11.8 Å². The van der Waals surface area contributed by atoms with Crippen molar-refractivity contribution >= 4 is 29.2 Å². The molecule has 5 rings (SSSR count). The fourth-order valence-electron chi connectivity index (χ4n) is 3.73. The number of aromatic nitrogens is 3. The molecule has 0 spiro atoms. The summed E-state index contributed by atoms with van der Waals surface area (Å²) in [5.74, 6) is -0.412. The van der Waals surface area contributed by atoms with E-state index in [9.17, 15) is 9.59 Å². The number of hydrogen-bond donors (Lipinski definition) is 4. The van der Waals surface area contributed by atoms with Gasteiger partial charge in [-0.3, -0.25) is 14.7 Å². The molecule has 0 fully saturated rings. The van der Waals surface area contributed by atoms with Crippen LogP contribution in [0.4, 0.5) is 5.69 Å². The fourth-order valence-corrected chi connectivity index (χ4v) is 3.73. The lowest BCUT2D eigenvalue weighted by atomic mass is 9.99. The highest BCUT2D eigenvalue weighted by Crippen LogP contribution is 2.37. The van der Waals surface area contributed by atoms with Gasteiger partial charge >= 0.3 is 0 Å². The number of ether oxygens (including phenoxy) is 1. The predicted molar refractivity (Wildman–Crippen MR) is 108 cm³/mol. The van der Waals surface area contributed by atoms with Gasteiger partial charge < -0.3 is 20.4 Å². The minimum atomic E-state index is -0.214. The number of fused-ring (bicyclic) bond motifs is 4. The van der Waals surface area contributed by atoms with E-state index in [4.69, 9.17) is 4.74 Å². The molecule has 2 aliphatic heterocycles. The van der Waals surface area contributed by atoms with Crippen LogP contribution in [-0.4, -0.2) is 40.1 Å². The molecule has 0 atom stereocenters. The van der Waals surface area contributed by atoms with Gasteiger partial charge in [0.15, 0.2) is 0 Å². The van der Waals surface area contributed by atoms with E-state index in [1.165, 1.54) is 0 Å². The number of nitrogens with zero attached hydrogens (tertiary/aromatic N) is 1. The van der Waals surface area contributed by atoms with Gasteiger partial charge in [0.05, 0.1) is 41.9 Å². The van der Waals surface area contributed by atoms with Gasteiger partial charge in [0.25, 0.3) is 11.8 Å². The maximum atomic E-state index is 12.6. The fraction of sp³-hybridized carbons (Fsp3) is 0.190. The Bertz CT molecular complexity index is 1170. The Kier molecular flexibility index (Phi) is 4.06. The van der Waals surface area contributed by atoms with E-state index in [1.54, 1.807) is 18.3 Å². The lowest BCUT2D eigenvalue weighted by molar-refractivity contribution is -0.110. The number of aromatic amines is 2. The minimum Gasteiger partial charge on any atom is -0.373 e. The third kappa shape index (κ3) is 3.03. The van der Waals surface area contributed by atoms with E-state index >= 15 is 0 Å². The van der Waals surface area contributed by atoms with Crippen molar-refractivity contribution in [3.8, 4) is 11.1 Å². The zero-order chi connectivity index (χ0) is 20.0. The molecular formula is C21H19N5O3. The number of anilines is 1. The molecule has 4 N–H and O–H groups in total. The van der Waals surface area contributed by atoms with E-state index in [0.717, 1.165) is 33.8 Å². The molecule has 29 heavy (non-hydrogen) atoms. The van der Waals surface area contributed by atoms with Gasteiger partial charge in [0, 0.05) is 29.1 Å². The normalized spacial score (nSPS) is 17.9. The van der Waals surface area contributed by atoms with Crippen molar-refractivity contribution in [2.24, 2.45) is 0 Å². The first-order valence-electron chi connectivity index (χ1n) is 9.36. The molecule has 3 aromatic rings. The third-order valence-corrected chi connectivity index (χ3v) is 5.13. The van der Waals surface area contributed by atoms with Crippen molar-refractivity contribution in [2.75, 3.05) is 18.5 Å². The van der Waals surface area contributed by atoms with Crippen molar-refractivity contribution < 1.29 is 14.3 Å².